The number of ether oxygens (including phenoxy) is 1. The Kier molecular flexibility index (Phi) is 6.27. The van der Waals surface area contributed by atoms with Crippen LogP contribution in [0.15, 0.2) is 18.3 Å². The van der Waals surface area contributed by atoms with Crippen molar-refractivity contribution in [2.24, 2.45) is 5.41 Å². The Hall–Kier alpha value is -1.98. The Labute approximate surface area is 124 Å². The highest BCUT2D eigenvalue weighted by atomic mass is 16.6. The van der Waals surface area contributed by atoms with E-state index in [-0.39, 0.29) is 11.7 Å². The molecule has 0 fully saturated rings. The molecule has 0 aliphatic carbocycles. The molecule has 0 bridgehead atoms. The molecule has 6 heteroatoms. The van der Waals surface area contributed by atoms with Crippen molar-refractivity contribution in [1.82, 2.24) is 4.98 Å². The standard InChI is InChI=1S/C15H22N2O4/c1-4-21-14(18)15(2,3)10-6-5-7-12-8-9-13(11-16-12)17(19)20/h8-9,11H,4-7,10H2,1-3H3. The Morgan fingerprint density at radius 2 is 2.10 bits per heavy atom. The zero-order valence-electron chi connectivity index (χ0n) is 12.8. The number of pyridine rings is 1. The van der Waals surface area contributed by atoms with E-state index in [1.807, 2.05) is 13.8 Å². The first kappa shape index (κ1) is 17.1. The number of nitrogens with zero attached hydrogens (tertiary/aromatic N) is 2. The maximum atomic E-state index is 11.7. The molecule has 0 saturated carbocycles. The van der Waals surface area contributed by atoms with Gasteiger partial charge in [-0.2, -0.15) is 0 Å². The van der Waals surface area contributed by atoms with Gasteiger partial charge in [0.05, 0.1) is 16.9 Å². The summed E-state index contributed by atoms with van der Waals surface area (Å²) < 4.78 is 5.04. The monoisotopic (exact) mass is 294 g/mol. The molecule has 1 aromatic heterocycles. The van der Waals surface area contributed by atoms with Crippen LogP contribution in [-0.4, -0.2) is 22.5 Å². The molecule has 0 N–H and O–H groups in total. The largest absolute Gasteiger partial charge is 0.466 e. The lowest BCUT2D eigenvalue weighted by Gasteiger charge is -2.21. The van der Waals surface area contributed by atoms with Crippen LogP contribution in [0.1, 0.15) is 45.7 Å². The highest BCUT2D eigenvalue weighted by molar-refractivity contribution is 5.75. The average molecular weight is 294 g/mol. The second-order valence-corrected chi connectivity index (χ2v) is 5.58. The maximum absolute atomic E-state index is 11.7. The van der Waals surface area contributed by atoms with Crippen molar-refractivity contribution in [2.75, 3.05) is 6.61 Å². The number of unbranched alkanes of at least 4 members (excludes halogenated alkanes) is 1. The van der Waals surface area contributed by atoms with E-state index in [1.54, 1.807) is 13.0 Å². The third-order valence-corrected chi connectivity index (χ3v) is 3.33. The topological polar surface area (TPSA) is 82.3 Å². The van der Waals surface area contributed by atoms with Gasteiger partial charge in [-0.05, 0) is 46.1 Å². The highest BCUT2D eigenvalue weighted by Gasteiger charge is 2.28. The van der Waals surface area contributed by atoms with E-state index in [0.717, 1.165) is 31.4 Å². The van der Waals surface area contributed by atoms with E-state index in [0.29, 0.717) is 6.61 Å². The molecule has 0 aliphatic rings. The van der Waals surface area contributed by atoms with Gasteiger partial charge in [0.15, 0.2) is 0 Å². The minimum absolute atomic E-state index is 0.00203. The van der Waals surface area contributed by atoms with Gasteiger partial charge in [0.25, 0.3) is 5.69 Å². The molecule has 0 spiro atoms. The fraction of sp³-hybridized carbons (Fsp3) is 0.600. The van der Waals surface area contributed by atoms with Crippen molar-refractivity contribution in [3.8, 4) is 0 Å². The van der Waals surface area contributed by atoms with Crippen LogP contribution in [0.2, 0.25) is 0 Å². The molecule has 0 saturated heterocycles. The summed E-state index contributed by atoms with van der Waals surface area (Å²) in [5.41, 5.74) is 0.357. The van der Waals surface area contributed by atoms with E-state index < -0.39 is 10.3 Å². The summed E-state index contributed by atoms with van der Waals surface area (Å²) in [5.74, 6) is -0.168. The number of rotatable bonds is 8. The maximum Gasteiger partial charge on any atom is 0.311 e. The molecule has 21 heavy (non-hydrogen) atoms. The highest BCUT2D eigenvalue weighted by Crippen LogP contribution is 2.25. The van der Waals surface area contributed by atoms with Gasteiger partial charge in [0.1, 0.15) is 6.20 Å². The van der Waals surface area contributed by atoms with E-state index in [2.05, 4.69) is 4.98 Å². The molecule has 0 aromatic carbocycles. The first-order valence-corrected chi connectivity index (χ1v) is 7.13. The number of nitro groups is 1. The lowest BCUT2D eigenvalue weighted by Crippen LogP contribution is -2.26. The smallest absolute Gasteiger partial charge is 0.311 e. The normalized spacial score (nSPS) is 11.2. The van der Waals surface area contributed by atoms with Crippen molar-refractivity contribution in [3.05, 3.63) is 34.1 Å². The summed E-state index contributed by atoms with van der Waals surface area (Å²) in [5, 5.41) is 10.5. The summed E-state index contributed by atoms with van der Waals surface area (Å²) in [6.45, 7) is 5.97. The Morgan fingerprint density at radius 1 is 1.38 bits per heavy atom. The number of carbonyl (C=O) groups excluding carboxylic acids is 1. The quantitative estimate of drug-likeness (QED) is 0.318. The number of carbonyl (C=O) groups is 1. The molecule has 1 rings (SSSR count). The lowest BCUT2D eigenvalue weighted by molar-refractivity contribution is -0.385. The van der Waals surface area contributed by atoms with Crippen molar-refractivity contribution < 1.29 is 14.5 Å². The number of aromatic nitrogens is 1. The fourth-order valence-corrected chi connectivity index (χ4v) is 1.97. The molecule has 1 heterocycles. The molecule has 0 radical (unpaired) electrons. The van der Waals surface area contributed by atoms with E-state index in [1.165, 1.54) is 12.3 Å². The van der Waals surface area contributed by atoms with E-state index in [4.69, 9.17) is 4.74 Å². The van der Waals surface area contributed by atoms with Gasteiger partial charge in [0, 0.05) is 11.8 Å². The Morgan fingerprint density at radius 3 is 2.62 bits per heavy atom. The molecule has 0 unspecified atom stereocenters. The van der Waals surface area contributed by atoms with Crippen LogP contribution >= 0.6 is 0 Å². The van der Waals surface area contributed by atoms with Crippen LogP contribution in [-0.2, 0) is 16.0 Å². The summed E-state index contributed by atoms with van der Waals surface area (Å²) in [4.78, 5) is 25.9. The zero-order chi connectivity index (χ0) is 15.9. The average Bonchev–Trinajstić information content (AvgIpc) is 2.44. The zero-order valence-corrected chi connectivity index (χ0v) is 12.8. The van der Waals surface area contributed by atoms with Crippen molar-refractivity contribution in [1.29, 1.82) is 0 Å². The third-order valence-electron chi connectivity index (χ3n) is 3.33. The summed E-state index contributed by atoms with van der Waals surface area (Å²) >= 11 is 0. The predicted octanol–water partition coefficient (Wildman–Crippen LogP) is 3.29. The SMILES string of the molecule is CCOC(=O)C(C)(C)CCCCc1ccc([N+](=O)[O-])cn1. The van der Waals surface area contributed by atoms with Gasteiger partial charge in [0.2, 0.25) is 0 Å². The van der Waals surface area contributed by atoms with E-state index in [9.17, 15) is 14.9 Å². The van der Waals surface area contributed by atoms with Crippen LogP contribution in [0.3, 0.4) is 0 Å². The molecular weight excluding hydrogens is 272 g/mol. The van der Waals surface area contributed by atoms with Gasteiger partial charge >= 0.3 is 5.97 Å². The van der Waals surface area contributed by atoms with Crippen LogP contribution in [0.4, 0.5) is 5.69 Å². The lowest BCUT2D eigenvalue weighted by atomic mass is 9.87. The van der Waals surface area contributed by atoms with Gasteiger partial charge in [-0.1, -0.05) is 6.42 Å². The van der Waals surface area contributed by atoms with Crippen LogP contribution in [0.25, 0.3) is 0 Å². The molecule has 1 aromatic rings. The molecular formula is C15H22N2O4. The predicted molar refractivity (Wildman–Crippen MR) is 78.9 cm³/mol. The summed E-state index contributed by atoms with van der Waals surface area (Å²) in [6.07, 6.45) is 4.53. The molecule has 6 nitrogen and oxygen atoms in total. The summed E-state index contributed by atoms with van der Waals surface area (Å²) in [6, 6.07) is 3.14. The third kappa shape index (κ3) is 5.49. The molecule has 0 amide bonds. The van der Waals surface area contributed by atoms with E-state index >= 15 is 0 Å². The minimum atomic E-state index is -0.473. The Bertz CT molecular complexity index is 483. The summed E-state index contributed by atoms with van der Waals surface area (Å²) in [7, 11) is 0. The van der Waals surface area contributed by atoms with Crippen LogP contribution in [0, 0.1) is 15.5 Å². The van der Waals surface area contributed by atoms with Crippen molar-refractivity contribution in [3.63, 3.8) is 0 Å². The fourth-order valence-electron chi connectivity index (χ4n) is 1.97. The van der Waals surface area contributed by atoms with Crippen molar-refractivity contribution >= 4 is 11.7 Å². The van der Waals surface area contributed by atoms with Gasteiger partial charge in [-0.25, -0.2) is 0 Å². The first-order valence-electron chi connectivity index (χ1n) is 7.13. The number of hydrogen-bond donors (Lipinski definition) is 0. The molecule has 116 valence electrons. The number of aryl methyl sites for hydroxylation is 1. The minimum Gasteiger partial charge on any atom is -0.466 e. The Balaban J connectivity index is 2.37. The van der Waals surface area contributed by atoms with Gasteiger partial charge in [-0.15, -0.1) is 0 Å². The van der Waals surface area contributed by atoms with Gasteiger partial charge < -0.3 is 4.74 Å². The van der Waals surface area contributed by atoms with Crippen LogP contribution in [0.5, 0.6) is 0 Å². The van der Waals surface area contributed by atoms with Crippen LogP contribution < -0.4 is 0 Å². The number of esters is 1. The molecule has 0 aliphatic heterocycles. The second-order valence-electron chi connectivity index (χ2n) is 5.58. The first-order chi connectivity index (χ1) is 9.86. The van der Waals surface area contributed by atoms with Gasteiger partial charge in [-0.3, -0.25) is 19.9 Å². The molecule has 0 atom stereocenters. The van der Waals surface area contributed by atoms with Crippen molar-refractivity contribution in [2.45, 2.75) is 46.5 Å². The number of hydrogen-bond acceptors (Lipinski definition) is 5. The second kappa shape index (κ2) is 7.71.